The molecule has 17 heavy (non-hydrogen) atoms. The Hall–Kier alpha value is -1.48. The molecule has 2 heterocycles. The lowest BCUT2D eigenvalue weighted by Gasteiger charge is -2.01. The van der Waals surface area contributed by atoms with Crippen LogP contribution < -0.4 is 0 Å². The number of halogens is 1. The van der Waals surface area contributed by atoms with Crippen LogP contribution in [-0.2, 0) is 4.74 Å². The number of fused-ring (bicyclic) bond motifs is 1. The summed E-state index contributed by atoms with van der Waals surface area (Å²) in [4.78, 5) is 11.5. The Labute approximate surface area is 106 Å². The first-order valence-electron chi connectivity index (χ1n) is 5.49. The summed E-state index contributed by atoms with van der Waals surface area (Å²) in [5, 5.41) is 0.547. The Morgan fingerprint density at radius 1 is 1.41 bits per heavy atom. The minimum Gasteiger partial charge on any atom is -0.465 e. The number of rotatable bonds is 1. The average molecular weight is 254 g/mol. The van der Waals surface area contributed by atoms with Gasteiger partial charge >= 0.3 is 5.97 Å². The molecule has 0 spiro atoms. The highest BCUT2D eigenvalue weighted by molar-refractivity contribution is 6.34. The van der Waals surface area contributed by atoms with Gasteiger partial charge in [0.2, 0.25) is 0 Å². The number of hydrogen-bond donors (Lipinski definition) is 0. The first kappa shape index (κ1) is 13.6. The third-order valence-electron chi connectivity index (χ3n) is 2.34. The van der Waals surface area contributed by atoms with Gasteiger partial charge < -0.3 is 9.14 Å². The maximum absolute atomic E-state index is 11.5. The summed E-state index contributed by atoms with van der Waals surface area (Å²) in [7, 11) is 1.36. The second-order valence-corrected chi connectivity index (χ2v) is 3.67. The molecule has 2 rings (SSSR count). The summed E-state index contributed by atoms with van der Waals surface area (Å²) in [6.07, 6.45) is 1.86. The van der Waals surface area contributed by atoms with Crippen molar-refractivity contribution in [2.24, 2.45) is 0 Å². The second kappa shape index (κ2) is 5.73. The molecule has 0 unspecified atom stereocenters. The molecular formula is C13H16ClNO2. The molecule has 0 saturated heterocycles. The molecule has 4 heteroatoms. The Morgan fingerprint density at radius 3 is 2.65 bits per heavy atom. The van der Waals surface area contributed by atoms with Crippen LogP contribution in [0.1, 0.15) is 29.9 Å². The molecule has 92 valence electrons. The SMILES string of the molecule is CC.COC(=O)c1cc(C)n2cccc(Cl)c12. The molecule has 2 aromatic heterocycles. The van der Waals surface area contributed by atoms with Crippen molar-refractivity contribution in [1.29, 1.82) is 0 Å². The van der Waals surface area contributed by atoms with Crippen LogP contribution in [0.4, 0.5) is 0 Å². The summed E-state index contributed by atoms with van der Waals surface area (Å²) >= 11 is 6.05. The van der Waals surface area contributed by atoms with Crippen LogP contribution in [0.15, 0.2) is 24.4 Å². The van der Waals surface area contributed by atoms with Gasteiger partial charge in [-0.2, -0.15) is 0 Å². The summed E-state index contributed by atoms with van der Waals surface area (Å²) in [5.41, 5.74) is 2.15. The van der Waals surface area contributed by atoms with Crippen LogP contribution in [-0.4, -0.2) is 17.5 Å². The van der Waals surface area contributed by atoms with E-state index < -0.39 is 0 Å². The molecular weight excluding hydrogens is 238 g/mol. The summed E-state index contributed by atoms with van der Waals surface area (Å²) in [6.45, 7) is 5.91. The van der Waals surface area contributed by atoms with E-state index in [1.165, 1.54) is 7.11 Å². The zero-order valence-electron chi connectivity index (χ0n) is 10.5. The first-order chi connectivity index (χ1) is 8.15. The van der Waals surface area contributed by atoms with Crippen LogP contribution in [0.5, 0.6) is 0 Å². The van der Waals surface area contributed by atoms with Crippen molar-refractivity contribution in [3.05, 3.63) is 40.7 Å². The molecule has 0 amide bonds. The molecule has 0 aliphatic rings. The molecule has 0 atom stereocenters. The lowest BCUT2D eigenvalue weighted by Crippen LogP contribution is -2.00. The van der Waals surface area contributed by atoms with Crippen LogP contribution in [0.25, 0.3) is 5.52 Å². The predicted molar refractivity (Wildman–Crippen MR) is 69.8 cm³/mol. The Morgan fingerprint density at radius 2 is 2.06 bits per heavy atom. The zero-order valence-corrected chi connectivity index (χ0v) is 11.2. The molecule has 0 bridgehead atoms. The van der Waals surface area contributed by atoms with Crippen LogP contribution >= 0.6 is 11.6 Å². The topological polar surface area (TPSA) is 30.7 Å². The Kier molecular flexibility index (Phi) is 4.58. The van der Waals surface area contributed by atoms with Gasteiger partial charge in [-0.25, -0.2) is 4.79 Å². The number of aromatic nitrogens is 1. The van der Waals surface area contributed by atoms with E-state index in [9.17, 15) is 4.79 Å². The van der Waals surface area contributed by atoms with Gasteiger partial charge in [0.15, 0.2) is 0 Å². The van der Waals surface area contributed by atoms with E-state index in [1.807, 2.05) is 37.4 Å². The lowest BCUT2D eigenvalue weighted by atomic mass is 10.2. The van der Waals surface area contributed by atoms with Crippen LogP contribution in [0.2, 0.25) is 5.02 Å². The second-order valence-electron chi connectivity index (χ2n) is 3.27. The number of carbonyl (C=O) groups excluding carboxylic acids is 1. The predicted octanol–water partition coefficient (Wildman–Crippen LogP) is 3.71. The van der Waals surface area contributed by atoms with Gasteiger partial charge in [-0.15, -0.1) is 0 Å². The van der Waals surface area contributed by atoms with Gasteiger partial charge in [0.05, 0.1) is 23.2 Å². The van der Waals surface area contributed by atoms with Gasteiger partial charge in [-0.3, -0.25) is 0 Å². The number of nitrogens with zero attached hydrogens (tertiary/aromatic N) is 1. The van der Waals surface area contributed by atoms with Crippen molar-refractivity contribution in [3.63, 3.8) is 0 Å². The largest absolute Gasteiger partial charge is 0.465 e. The highest BCUT2D eigenvalue weighted by Gasteiger charge is 2.15. The summed E-state index contributed by atoms with van der Waals surface area (Å²) < 4.78 is 6.57. The van der Waals surface area contributed by atoms with E-state index in [0.717, 1.165) is 5.69 Å². The normalized spacial score (nSPS) is 9.71. The fraction of sp³-hybridized carbons (Fsp3) is 0.308. The number of aryl methyl sites for hydroxylation is 1. The quantitative estimate of drug-likeness (QED) is 0.726. The van der Waals surface area contributed by atoms with Crippen molar-refractivity contribution < 1.29 is 9.53 Å². The number of esters is 1. The highest BCUT2D eigenvalue weighted by atomic mass is 35.5. The van der Waals surface area contributed by atoms with Gasteiger partial charge in [0.25, 0.3) is 0 Å². The average Bonchev–Trinajstić information content (AvgIpc) is 2.70. The summed E-state index contributed by atoms with van der Waals surface area (Å²) in [5.74, 6) is -0.367. The van der Waals surface area contributed by atoms with E-state index >= 15 is 0 Å². The number of hydrogen-bond acceptors (Lipinski definition) is 2. The van der Waals surface area contributed by atoms with E-state index in [1.54, 1.807) is 12.1 Å². The third kappa shape index (κ3) is 2.44. The van der Waals surface area contributed by atoms with Crippen LogP contribution in [0, 0.1) is 6.92 Å². The molecule has 0 saturated carbocycles. The molecule has 0 aliphatic carbocycles. The zero-order chi connectivity index (χ0) is 13.0. The molecule has 0 radical (unpaired) electrons. The maximum atomic E-state index is 11.5. The maximum Gasteiger partial charge on any atom is 0.340 e. The van der Waals surface area contributed by atoms with E-state index in [2.05, 4.69) is 0 Å². The molecule has 0 fully saturated rings. The van der Waals surface area contributed by atoms with E-state index in [0.29, 0.717) is 16.1 Å². The minimum absolute atomic E-state index is 0.367. The van der Waals surface area contributed by atoms with Gasteiger partial charge in [0.1, 0.15) is 0 Å². The Balaban J connectivity index is 0.000000686. The van der Waals surface area contributed by atoms with E-state index in [4.69, 9.17) is 16.3 Å². The fourth-order valence-corrected chi connectivity index (χ4v) is 1.91. The van der Waals surface area contributed by atoms with Crippen molar-refractivity contribution in [1.82, 2.24) is 4.40 Å². The fourth-order valence-electron chi connectivity index (χ4n) is 1.65. The Bertz CT molecular complexity index is 531. The van der Waals surface area contributed by atoms with Crippen molar-refractivity contribution >= 4 is 23.1 Å². The van der Waals surface area contributed by atoms with Gasteiger partial charge in [0, 0.05) is 11.9 Å². The number of pyridine rings is 1. The standard InChI is InChI=1S/C11H10ClNO2.C2H6/c1-7-6-8(11(14)15-2)10-9(12)4-3-5-13(7)10;1-2/h3-6H,1-2H3;1-2H3. The molecule has 2 aromatic rings. The third-order valence-corrected chi connectivity index (χ3v) is 2.64. The van der Waals surface area contributed by atoms with Crippen molar-refractivity contribution in [3.8, 4) is 0 Å². The van der Waals surface area contributed by atoms with Crippen molar-refractivity contribution in [2.75, 3.05) is 7.11 Å². The van der Waals surface area contributed by atoms with E-state index in [-0.39, 0.29) is 5.97 Å². The number of carbonyl (C=O) groups is 1. The molecule has 0 aliphatic heterocycles. The van der Waals surface area contributed by atoms with Crippen molar-refractivity contribution in [2.45, 2.75) is 20.8 Å². The minimum atomic E-state index is -0.367. The molecule has 3 nitrogen and oxygen atoms in total. The van der Waals surface area contributed by atoms with Crippen LogP contribution in [0.3, 0.4) is 0 Å². The molecule has 0 N–H and O–H groups in total. The number of methoxy groups -OCH3 is 1. The highest BCUT2D eigenvalue weighted by Crippen LogP contribution is 2.24. The van der Waals surface area contributed by atoms with Gasteiger partial charge in [-0.1, -0.05) is 25.4 Å². The first-order valence-corrected chi connectivity index (χ1v) is 5.87. The molecule has 0 aromatic carbocycles. The lowest BCUT2D eigenvalue weighted by molar-refractivity contribution is 0.0603. The smallest absolute Gasteiger partial charge is 0.340 e. The van der Waals surface area contributed by atoms with Gasteiger partial charge in [-0.05, 0) is 25.1 Å². The summed E-state index contributed by atoms with van der Waals surface area (Å²) in [6, 6.07) is 5.36. The number of ether oxygens (including phenoxy) is 1. The monoisotopic (exact) mass is 253 g/mol.